The van der Waals surface area contributed by atoms with Crippen molar-refractivity contribution in [3.05, 3.63) is 36.0 Å². The molecule has 1 atom stereocenters. The highest BCUT2D eigenvalue weighted by Gasteiger charge is 2.23. The number of phenols is 1. The zero-order chi connectivity index (χ0) is 18.4. The molecule has 0 saturated carbocycles. The number of benzene rings is 1. The van der Waals surface area contributed by atoms with Gasteiger partial charge in [0.2, 0.25) is 5.91 Å². The van der Waals surface area contributed by atoms with E-state index in [2.05, 4.69) is 15.6 Å². The Labute approximate surface area is 145 Å². The number of carbonyl (C=O) groups is 2. The fraction of sp³-hybridized carbons (Fsp3) is 0.333. The van der Waals surface area contributed by atoms with Crippen molar-refractivity contribution in [1.29, 1.82) is 5.26 Å². The second-order valence-electron chi connectivity index (χ2n) is 6.08. The quantitative estimate of drug-likeness (QED) is 0.693. The third-order valence-corrected chi connectivity index (χ3v) is 3.60. The smallest absolute Gasteiger partial charge is 0.270 e. The van der Waals surface area contributed by atoms with Crippen LogP contribution in [0.3, 0.4) is 0 Å². The molecule has 130 valence electrons. The van der Waals surface area contributed by atoms with E-state index >= 15 is 0 Å². The number of para-hydroxylation sites is 1. The lowest BCUT2D eigenvalue weighted by molar-refractivity contribution is -0.123. The maximum absolute atomic E-state index is 12.5. The number of carbonyl (C=O) groups excluding carboxylic acids is 2. The number of pyridine rings is 1. The summed E-state index contributed by atoms with van der Waals surface area (Å²) in [6.07, 6.45) is 0.432. The predicted molar refractivity (Wildman–Crippen MR) is 92.7 cm³/mol. The van der Waals surface area contributed by atoms with Gasteiger partial charge in [-0.15, -0.1) is 0 Å². The predicted octanol–water partition coefficient (Wildman–Crippen LogP) is 1.72. The van der Waals surface area contributed by atoms with E-state index in [1.807, 2.05) is 19.9 Å². The van der Waals surface area contributed by atoms with E-state index < -0.39 is 17.9 Å². The number of phenolic OH excluding ortho intramolecular Hbond substituents is 1. The number of amides is 2. The topological polar surface area (TPSA) is 115 Å². The summed E-state index contributed by atoms with van der Waals surface area (Å²) in [5, 5.41) is 24.3. The lowest BCUT2D eigenvalue weighted by atomic mass is 10.0. The zero-order valence-electron chi connectivity index (χ0n) is 14.1. The van der Waals surface area contributed by atoms with E-state index in [0.717, 1.165) is 0 Å². The van der Waals surface area contributed by atoms with Crippen LogP contribution in [0.2, 0.25) is 0 Å². The molecule has 0 saturated heterocycles. The first kappa shape index (κ1) is 18.2. The number of nitrogens with zero attached hydrogens (tertiary/aromatic N) is 2. The van der Waals surface area contributed by atoms with E-state index in [1.54, 1.807) is 18.2 Å². The first-order chi connectivity index (χ1) is 11.9. The van der Waals surface area contributed by atoms with E-state index in [0.29, 0.717) is 17.3 Å². The van der Waals surface area contributed by atoms with Crippen LogP contribution in [0.4, 0.5) is 0 Å². The molecule has 2 rings (SSSR count). The van der Waals surface area contributed by atoms with Gasteiger partial charge in [-0.05, 0) is 24.5 Å². The Balaban J connectivity index is 2.21. The summed E-state index contributed by atoms with van der Waals surface area (Å²) in [5.74, 6) is -0.764. The molecule has 0 aliphatic rings. The van der Waals surface area contributed by atoms with Gasteiger partial charge in [0.05, 0.1) is 6.07 Å². The molecule has 0 radical (unpaired) electrons. The molecule has 3 N–H and O–H groups in total. The third kappa shape index (κ3) is 4.67. The Morgan fingerprint density at radius 3 is 2.72 bits per heavy atom. The molecule has 0 bridgehead atoms. The van der Waals surface area contributed by atoms with Crippen molar-refractivity contribution in [2.75, 3.05) is 6.54 Å². The van der Waals surface area contributed by atoms with Crippen molar-refractivity contribution in [3.8, 4) is 11.8 Å². The molecule has 1 heterocycles. The molecule has 0 unspecified atom stereocenters. The van der Waals surface area contributed by atoms with E-state index in [1.165, 1.54) is 12.1 Å². The van der Waals surface area contributed by atoms with Crippen LogP contribution in [0.1, 0.15) is 30.8 Å². The minimum absolute atomic E-state index is 0.0161. The summed E-state index contributed by atoms with van der Waals surface area (Å²) in [6, 6.07) is 9.26. The van der Waals surface area contributed by atoms with Crippen molar-refractivity contribution in [2.45, 2.75) is 26.3 Å². The van der Waals surface area contributed by atoms with Crippen LogP contribution in [0.5, 0.6) is 5.75 Å². The van der Waals surface area contributed by atoms with Crippen molar-refractivity contribution in [3.63, 3.8) is 0 Å². The molecule has 1 aromatic heterocycles. The van der Waals surface area contributed by atoms with Gasteiger partial charge in [-0.3, -0.25) is 9.59 Å². The largest absolute Gasteiger partial charge is 0.506 e. The minimum atomic E-state index is -0.761. The highest BCUT2D eigenvalue weighted by atomic mass is 16.3. The SMILES string of the molecule is CC(C)C[C@@H](NC(=O)c1ccc2cccc(O)c2n1)C(=O)NCC#N. The van der Waals surface area contributed by atoms with Crippen LogP contribution in [0.15, 0.2) is 30.3 Å². The zero-order valence-corrected chi connectivity index (χ0v) is 14.1. The minimum Gasteiger partial charge on any atom is -0.506 e. The van der Waals surface area contributed by atoms with Crippen LogP contribution in [-0.2, 0) is 4.79 Å². The summed E-state index contributed by atoms with van der Waals surface area (Å²) < 4.78 is 0. The molecule has 1 aromatic carbocycles. The van der Waals surface area contributed by atoms with Crippen LogP contribution in [-0.4, -0.2) is 34.5 Å². The summed E-state index contributed by atoms with van der Waals surface area (Å²) in [4.78, 5) is 28.8. The second-order valence-corrected chi connectivity index (χ2v) is 6.08. The number of hydrogen-bond acceptors (Lipinski definition) is 5. The maximum Gasteiger partial charge on any atom is 0.270 e. The molecule has 7 heteroatoms. The highest BCUT2D eigenvalue weighted by Crippen LogP contribution is 2.22. The lowest BCUT2D eigenvalue weighted by Gasteiger charge is -2.19. The molecule has 25 heavy (non-hydrogen) atoms. The molecular formula is C18H20N4O3. The van der Waals surface area contributed by atoms with Gasteiger partial charge >= 0.3 is 0 Å². The van der Waals surface area contributed by atoms with Crippen LogP contribution < -0.4 is 10.6 Å². The van der Waals surface area contributed by atoms with Crippen molar-refractivity contribution >= 4 is 22.7 Å². The number of aromatic nitrogens is 1. The normalized spacial score (nSPS) is 11.8. The molecule has 0 aliphatic carbocycles. The Bertz CT molecular complexity index is 827. The number of hydrogen-bond donors (Lipinski definition) is 3. The van der Waals surface area contributed by atoms with Crippen LogP contribution in [0.25, 0.3) is 10.9 Å². The fourth-order valence-corrected chi connectivity index (χ4v) is 2.44. The number of nitrogens with one attached hydrogen (secondary N) is 2. The molecule has 0 spiro atoms. The molecule has 2 amide bonds. The summed E-state index contributed by atoms with van der Waals surface area (Å²) in [6.45, 7) is 3.75. The Morgan fingerprint density at radius 1 is 1.28 bits per heavy atom. The number of rotatable bonds is 6. The van der Waals surface area contributed by atoms with E-state index in [9.17, 15) is 14.7 Å². The number of nitriles is 1. The van der Waals surface area contributed by atoms with Gasteiger partial charge in [-0.2, -0.15) is 5.26 Å². The van der Waals surface area contributed by atoms with E-state index in [-0.39, 0.29) is 23.9 Å². The molecule has 0 fully saturated rings. The van der Waals surface area contributed by atoms with Gasteiger partial charge in [0.15, 0.2) is 0 Å². The molecule has 7 nitrogen and oxygen atoms in total. The van der Waals surface area contributed by atoms with Crippen LogP contribution >= 0.6 is 0 Å². The van der Waals surface area contributed by atoms with Gasteiger partial charge in [0.1, 0.15) is 29.5 Å². The summed E-state index contributed by atoms with van der Waals surface area (Å²) in [7, 11) is 0. The first-order valence-corrected chi connectivity index (χ1v) is 7.96. The summed E-state index contributed by atoms with van der Waals surface area (Å²) in [5.41, 5.74) is 0.431. The van der Waals surface area contributed by atoms with Crippen molar-refractivity contribution in [1.82, 2.24) is 15.6 Å². The first-order valence-electron chi connectivity index (χ1n) is 7.96. The molecule has 2 aromatic rings. The Morgan fingerprint density at radius 2 is 2.04 bits per heavy atom. The monoisotopic (exact) mass is 340 g/mol. The average molecular weight is 340 g/mol. The average Bonchev–Trinajstić information content (AvgIpc) is 2.58. The molecular weight excluding hydrogens is 320 g/mol. The fourth-order valence-electron chi connectivity index (χ4n) is 2.44. The number of fused-ring (bicyclic) bond motifs is 1. The standard InChI is InChI=1S/C18H20N4O3/c1-11(2)10-14(17(24)20-9-8-19)22-18(25)13-7-6-12-4-3-5-15(23)16(12)21-13/h3-7,11,14,23H,9-10H2,1-2H3,(H,20,24)(H,22,25)/t14-/m1/s1. The molecule has 0 aliphatic heterocycles. The Hall–Kier alpha value is -3.14. The van der Waals surface area contributed by atoms with Crippen molar-refractivity contribution in [2.24, 2.45) is 5.92 Å². The van der Waals surface area contributed by atoms with Gasteiger partial charge in [-0.25, -0.2) is 4.98 Å². The maximum atomic E-state index is 12.5. The van der Waals surface area contributed by atoms with Crippen molar-refractivity contribution < 1.29 is 14.7 Å². The van der Waals surface area contributed by atoms with Gasteiger partial charge in [0, 0.05) is 5.39 Å². The lowest BCUT2D eigenvalue weighted by Crippen LogP contribution is -2.47. The highest BCUT2D eigenvalue weighted by molar-refractivity contribution is 5.98. The second kappa shape index (κ2) is 8.11. The van der Waals surface area contributed by atoms with Gasteiger partial charge in [-0.1, -0.05) is 32.0 Å². The summed E-state index contributed by atoms with van der Waals surface area (Å²) >= 11 is 0. The van der Waals surface area contributed by atoms with Gasteiger partial charge in [0.25, 0.3) is 5.91 Å². The third-order valence-electron chi connectivity index (χ3n) is 3.60. The van der Waals surface area contributed by atoms with E-state index in [4.69, 9.17) is 5.26 Å². The Kier molecular flexibility index (Phi) is 5.90. The van der Waals surface area contributed by atoms with Gasteiger partial charge < -0.3 is 15.7 Å². The van der Waals surface area contributed by atoms with Crippen LogP contribution in [0, 0.1) is 17.2 Å². The number of aromatic hydroxyl groups is 1.